The highest BCUT2D eigenvalue weighted by Crippen LogP contribution is 2.31. The van der Waals surface area contributed by atoms with E-state index in [2.05, 4.69) is 38.7 Å². The number of carbonyl (C=O) groups excluding carboxylic acids is 1. The third-order valence-electron chi connectivity index (χ3n) is 4.09. The van der Waals surface area contributed by atoms with Gasteiger partial charge in [0.1, 0.15) is 0 Å². The van der Waals surface area contributed by atoms with E-state index in [0.717, 1.165) is 42.1 Å². The van der Waals surface area contributed by atoms with Gasteiger partial charge >= 0.3 is 0 Å². The summed E-state index contributed by atoms with van der Waals surface area (Å²) in [6.45, 7) is 1.83. The molecule has 1 aliphatic heterocycles. The Morgan fingerprint density at radius 2 is 2.13 bits per heavy atom. The van der Waals surface area contributed by atoms with E-state index in [1.165, 1.54) is 11.3 Å². The van der Waals surface area contributed by atoms with Crippen LogP contribution in [0, 0.1) is 5.92 Å². The SMILES string of the molecule is CN(C)c1cccc(-c2cnc(NC(=O)C3CCNCC3)s2)c1. The van der Waals surface area contributed by atoms with Crippen molar-refractivity contribution < 1.29 is 4.79 Å². The number of piperidine rings is 1. The molecule has 2 heterocycles. The predicted octanol–water partition coefficient (Wildman–Crippen LogP) is 2.81. The van der Waals surface area contributed by atoms with Gasteiger partial charge in [-0.05, 0) is 43.6 Å². The van der Waals surface area contributed by atoms with Crippen molar-refractivity contribution >= 4 is 28.1 Å². The molecule has 23 heavy (non-hydrogen) atoms. The Kier molecular flexibility index (Phi) is 4.93. The molecule has 0 bridgehead atoms. The van der Waals surface area contributed by atoms with Gasteiger partial charge in [0.05, 0.1) is 4.88 Å². The first-order valence-corrected chi connectivity index (χ1v) is 8.70. The molecule has 0 saturated carbocycles. The van der Waals surface area contributed by atoms with Crippen molar-refractivity contribution in [1.29, 1.82) is 0 Å². The lowest BCUT2D eigenvalue weighted by Crippen LogP contribution is -2.34. The van der Waals surface area contributed by atoms with E-state index in [1.807, 2.05) is 26.4 Å². The van der Waals surface area contributed by atoms with Crippen LogP contribution in [0.15, 0.2) is 30.5 Å². The van der Waals surface area contributed by atoms with E-state index in [-0.39, 0.29) is 11.8 Å². The monoisotopic (exact) mass is 330 g/mol. The van der Waals surface area contributed by atoms with E-state index in [0.29, 0.717) is 5.13 Å². The van der Waals surface area contributed by atoms with E-state index in [1.54, 1.807) is 0 Å². The summed E-state index contributed by atoms with van der Waals surface area (Å²) in [7, 11) is 4.05. The summed E-state index contributed by atoms with van der Waals surface area (Å²) < 4.78 is 0. The number of carbonyl (C=O) groups is 1. The molecule has 1 aromatic heterocycles. The molecular formula is C17H22N4OS. The second-order valence-corrected chi connectivity index (χ2v) is 7.02. The number of thiazole rings is 1. The summed E-state index contributed by atoms with van der Waals surface area (Å²) in [5.74, 6) is 0.190. The fourth-order valence-corrected chi connectivity index (χ4v) is 3.51. The maximum Gasteiger partial charge on any atom is 0.229 e. The molecule has 0 aliphatic carbocycles. The Morgan fingerprint density at radius 3 is 2.87 bits per heavy atom. The first-order chi connectivity index (χ1) is 11.1. The van der Waals surface area contributed by atoms with Gasteiger partial charge in [0.25, 0.3) is 0 Å². The van der Waals surface area contributed by atoms with Crippen molar-refractivity contribution in [1.82, 2.24) is 10.3 Å². The number of nitrogens with one attached hydrogen (secondary N) is 2. The second-order valence-electron chi connectivity index (χ2n) is 5.99. The van der Waals surface area contributed by atoms with Crippen LogP contribution in [0.4, 0.5) is 10.8 Å². The van der Waals surface area contributed by atoms with Gasteiger partial charge in [0.15, 0.2) is 5.13 Å². The molecule has 2 N–H and O–H groups in total. The molecule has 1 amide bonds. The largest absolute Gasteiger partial charge is 0.378 e. The zero-order valence-corrected chi connectivity index (χ0v) is 14.3. The lowest BCUT2D eigenvalue weighted by atomic mass is 9.97. The molecule has 0 atom stereocenters. The standard InChI is InChI=1S/C17H22N4OS/c1-21(2)14-5-3-4-13(10-14)15-11-19-17(23-15)20-16(22)12-6-8-18-9-7-12/h3-5,10-12,18H,6-9H2,1-2H3,(H,19,20,22). The van der Waals surface area contributed by atoms with Gasteiger partial charge in [-0.3, -0.25) is 4.79 Å². The minimum atomic E-state index is 0.0921. The summed E-state index contributed by atoms with van der Waals surface area (Å²) in [6, 6.07) is 8.31. The summed E-state index contributed by atoms with van der Waals surface area (Å²) >= 11 is 1.52. The Labute approximate surface area is 140 Å². The summed E-state index contributed by atoms with van der Waals surface area (Å²) in [4.78, 5) is 19.8. The van der Waals surface area contributed by atoms with Crippen molar-refractivity contribution in [3.05, 3.63) is 30.5 Å². The molecule has 2 aromatic rings. The third-order valence-corrected chi connectivity index (χ3v) is 5.05. The summed E-state index contributed by atoms with van der Waals surface area (Å²) in [6.07, 6.45) is 3.63. The third kappa shape index (κ3) is 3.89. The lowest BCUT2D eigenvalue weighted by Gasteiger charge is -2.20. The minimum Gasteiger partial charge on any atom is -0.378 e. The summed E-state index contributed by atoms with van der Waals surface area (Å²) in [5, 5.41) is 6.93. The number of nitrogens with zero attached hydrogens (tertiary/aromatic N) is 2. The first-order valence-electron chi connectivity index (χ1n) is 7.88. The van der Waals surface area contributed by atoms with Crippen LogP contribution in [0.1, 0.15) is 12.8 Å². The van der Waals surface area contributed by atoms with Crippen LogP contribution in [0.3, 0.4) is 0 Å². The lowest BCUT2D eigenvalue weighted by molar-refractivity contribution is -0.120. The maximum atomic E-state index is 12.3. The van der Waals surface area contributed by atoms with Gasteiger partial charge in [-0.25, -0.2) is 4.98 Å². The van der Waals surface area contributed by atoms with Gasteiger partial charge in [-0.15, -0.1) is 0 Å². The highest BCUT2D eigenvalue weighted by atomic mass is 32.1. The fraction of sp³-hybridized carbons (Fsp3) is 0.412. The molecular weight excluding hydrogens is 308 g/mol. The number of aromatic nitrogens is 1. The van der Waals surface area contributed by atoms with Gasteiger partial charge in [0, 0.05) is 31.9 Å². The van der Waals surface area contributed by atoms with Crippen molar-refractivity contribution in [2.75, 3.05) is 37.4 Å². The first kappa shape index (κ1) is 16.0. The van der Waals surface area contributed by atoms with E-state index in [4.69, 9.17) is 0 Å². The Morgan fingerprint density at radius 1 is 1.35 bits per heavy atom. The quantitative estimate of drug-likeness (QED) is 0.905. The van der Waals surface area contributed by atoms with E-state index < -0.39 is 0 Å². The average Bonchev–Trinajstić information content (AvgIpc) is 3.04. The number of rotatable bonds is 4. The molecule has 6 heteroatoms. The zero-order valence-electron chi connectivity index (χ0n) is 13.5. The Bertz CT molecular complexity index is 677. The van der Waals surface area contributed by atoms with E-state index in [9.17, 15) is 4.79 Å². The molecule has 3 rings (SSSR count). The number of anilines is 2. The molecule has 1 fully saturated rings. The normalized spacial score (nSPS) is 15.4. The Hall–Kier alpha value is -1.92. The molecule has 1 saturated heterocycles. The van der Waals surface area contributed by atoms with Crippen molar-refractivity contribution in [3.8, 4) is 10.4 Å². The van der Waals surface area contributed by atoms with Crippen LogP contribution in [-0.4, -0.2) is 38.1 Å². The predicted molar refractivity (Wildman–Crippen MR) is 96.1 cm³/mol. The maximum absolute atomic E-state index is 12.3. The highest BCUT2D eigenvalue weighted by Gasteiger charge is 2.21. The Balaban J connectivity index is 1.70. The minimum absolute atomic E-state index is 0.0921. The molecule has 1 aromatic carbocycles. The highest BCUT2D eigenvalue weighted by molar-refractivity contribution is 7.19. The van der Waals surface area contributed by atoms with Crippen molar-refractivity contribution in [2.24, 2.45) is 5.92 Å². The van der Waals surface area contributed by atoms with Crippen LogP contribution in [0.2, 0.25) is 0 Å². The number of hydrogen-bond acceptors (Lipinski definition) is 5. The molecule has 0 radical (unpaired) electrons. The molecule has 5 nitrogen and oxygen atoms in total. The zero-order chi connectivity index (χ0) is 16.2. The summed E-state index contributed by atoms with van der Waals surface area (Å²) in [5.41, 5.74) is 2.27. The second kappa shape index (κ2) is 7.10. The van der Waals surface area contributed by atoms with Gasteiger partial charge in [0.2, 0.25) is 5.91 Å². The molecule has 0 unspecified atom stereocenters. The number of benzene rings is 1. The van der Waals surface area contributed by atoms with Gasteiger partial charge in [-0.2, -0.15) is 0 Å². The number of hydrogen-bond donors (Lipinski definition) is 2. The van der Waals surface area contributed by atoms with E-state index >= 15 is 0 Å². The molecule has 0 spiro atoms. The average molecular weight is 330 g/mol. The van der Waals surface area contributed by atoms with Crippen LogP contribution in [0.25, 0.3) is 10.4 Å². The molecule has 1 aliphatic rings. The smallest absolute Gasteiger partial charge is 0.229 e. The molecule has 122 valence electrons. The topological polar surface area (TPSA) is 57.3 Å². The van der Waals surface area contributed by atoms with Crippen LogP contribution < -0.4 is 15.5 Å². The van der Waals surface area contributed by atoms with Crippen molar-refractivity contribution in [3.63, 3.8) is 0 Å². The number of amides is 1. The van der Waals surface area contributed by atoms with Gasteiger partial charge < -0.3 is 15.5 Å². The fourth-order valence-electron chi connectivity index (χ4n) is 2.69. The van der Waals surface area contributed by atoms with Crippen LogP contribution in [0.5, 0.6) is 0 Å². The van der Waals surface area contributed by atoms with Crippen molar-refractivity contribution in [2.45, 2.75) is 12.8 Å². The van der Waals surface area contributed by atoms with Crippen LogP contribution in [-0.2, 0) is 4.79 Å². The van der Waals surface area contributed by atoms with Crippen LogP contribution >= 0.6 is 11.3 Å². The van der Waals surface area contributed by atoms with Gasteiger partial charge in [-0.1, -0.05) is 23.5 Å².